The van der Waals surface area contributed by atoms with E-state index in [0.29, 0.717) is 5.69 Å². The Morgan fingerprint density at radius 1 is 0.767 bits per heavy atom. The number of rotatable bonds is 5. The van der Waals surface area contributed by atoms with Gasteiger partial charge in [0, 0.05) is 0 Å². The van der Waals surface area contributed by atoms with Crippen molar-refractivity contribution in [2.24, 2.45) is 11.5 Å². The summed E-state index contributed by atoms with van der Waals surface area (Å²) in [4.78, 5) is 22.8. The Balaban J connectivity index is 1.66. The molecule has 0 aliphatic rings. The van der Waals surface area contributed by atoms with Crippen molar-refractivity contribution in [2.75, 3.05) is 5.32 Å². The number of amides is 3. The standard InChI is InChI=1S/C23H19N5O2/c24-22(29)21-20(26-23(25)30)14-28(27-21)19-8-4-7-18(13-19)17-11-9-16(10-12-17)15-5-2-1-3-6-15/h1-14H,(H2,24,29)(H3,25,26,30). The molecule has 4 rings (SSSR count). The zero-order chi connectivity index (χ0) is 21.1. The lowest BCUT2D eigenvalue weighted by Crippen LogP contribution is -2.22. The van der Waals surface area contributed by atoms with Gasteiger partial charge >= 0.3 is 6.03 Å². The second-order valence-electron chi connectivity index (χ2n) is 6.68. The first-order chi connectivity index (χ1) is 14.5. The highest BCUT2D eigenvalue weighted by Gasteiger charge is 2.16. The van der Waals surface area contributed by atoms with Crippen LogP contribution in [0.5, 0.6) is 0 Å². The molecule has 1 heterocycles. The number of nitrogens with zero attached hydrogens (tertiary/aromatic N) is 2. The Hall–Kier alpha value is -4.39. The fourth-order valence-electron chi connectivity index (χ4n) is 3.23. The molecule has 1 aromatic heterocycles. The summed E-state index contributed by atoms with van der Waals surface area (Å²) in [5, 5.41) is 6.56. The lowest BCUT2D eigenvalue weighted by atomic mass is 10.00. The molecule has 0 radical (unpaired) electrons. The average molecular weight is 397 g/mol. The van der Waals surface area contributed by atoms with Gasteiger partial charge in [-0.1, -0.05) is 66.7 Å². The van der Waals surface area contributed by atoms with Crippen LogP contribution in [0.3, 0.4) is 0 Å². The summed E-state index contributed by atoms with van der Waals surface area (Å²) in [6, 6.07) is 25.3. The molecule has 0 aliphatic heterocycles. The fourth-order valence-corrected chi connectivity index (χ4v) is 3.23. The predicted octanol–water partition coefficient (Wildman–Crippen LogP) is 3.80. The number of urea groups is 1. The minimum Gasteiger partial charge on any atom is -0.364 e. The van der Waals surface area contributed by atoms with E-state index in [0.717, 1.165) is 22.3 Å². The Morgan fingerprint density at radius 3 is 2.00 bits per heavy atom. The SMILES string of the molecule is NC(=O)Nc1cn(-c2cccc(-c3ccc(-c4ccccc4)cc3)c2)nc1C(N)=O. The van der Waals surface area contributed by atoms with Gasteiger partial charge in [-0.3, -0.25) is 4.79 Å². The summed E-state index contributed by atoms with van der Waals surface area (Å²) < 4.78 is 1.48. The summed E-state index contributed by atoms with van der Waals surface area (Å²) in [6.45, 7) is 0. The first-order valence-electron chi connectivity index (χ1n) is 9.23. The van der Waals surface area contributed by atoms with E-state index >= 15 is 0 Å². The van der Waals surface area contributed by atoms with Crippen molar-refractivity contribution in [3.63, 3.8) is 0 Å². The van der Waals surface area contributed by atoms with Crippen LogP contribution in [0.4, 0.5) is 10.5 Å². The summed E-state index contributed by atoms with van der Waals surface area (Å²) in [6.07, 6.45) is 1.50. The molecule has 3 aromatic carbocycles. The van der Waals surface area contributed by atoms with E-state index in [1.54, 1.807) is 0 Å². The topological polar surface area (TPSA) is 116 Å². The number of hydrogen-bond acceptors (Lipinski definition) is 3. The van der Waals surface area contributed by atoms with Gasteiger partial charge in [0.15, 0.2) is 5.69 Å². The van der Waals surface area contributed by atoms with Crippen molar-refractivity contribution in [1.29, 1.82) is 0 Å². The van der Waals surface area contributed by atoms with E-state index in [-0.39, 0.29) is 11.4 Å². The molecule has 148 valence electrons. The van der Waals surface area contributed by atoms with Crippen LogP contribution in [0.1, 0.15) is 10.5 Å². The third-order valence-electron chi connectivity index (χ3n) is 4.64. The average Bonchev–Trinajstić information content (AvgIpc) is 3.18. The Morgan fingerprint density at radius 2 is 1.37 bits per heavy atom. The van der Waals surface area contributed by atoms with E-state index in [1.807, 2.05) is 42.5 Å². The number of primary amides is 2. The third kappa shape index (κ3) is 3.90. The highest BCUT2D eigenvalue weighted by Crippen LogP contribution is 2.27. The normalized spacial score (nSPS) is 10.5. The van der Waals surface area contributed by atoms with Crippen LogP contribution in [0, 0.1) is 0 Å². The highest BCUT2D eigenvalue weighted by atomic mass is 16.2. The van der Waals surface area contributed by atoms with E-state index in [9.17, 15) is 9.59 Å². The molecule has 30 heavy (non-hydrogen) atoms. The zero-order valence-electron chi connectivity index (χ0n) is 15.9. The number of anilines is 1. The van der Waals surface area contributed by atoms with Gasteiger partial charge in [0.1, 0.15) is 0 Å². The smallest absolute Gasteiger partial charge is 0.316 e. The van der Waals surface area contributed by atoms with E-state index in [2.05, 4.69) is 46.8 Å². The maximum Gasteiger partial charge on any atom is 0.316 e. The monoisotopic (exact) mass is 397 g/mol. The first-order valence-corrected chi connectivity index (χ1v) is 9.23. The van der Waals surface area contributed by atoms with Crippen molar-refractivity contribution in [1.82, 2.24) is 9.78 Å². The second kappa shape index (κ2) is 7.92. The van der Waals surface area contributed by atoms with Crippen molar-refractivity contribution in [3.05, 3.63) is 90.8 Å². The number of carbonyl (C=O) groups excluding carboxylic acids is 2. The van der Waals surface area contributed by atoms with Gasteiger partial charge < -0.3 is 16.8 Å². The van der Waals surface area contributed by atoms with Crippen LogP contribution in [-0.2, 0) is 0 Å². The minimum atomic E-state index is -0.802. The predicted molar refractivity (Wildman–Crippen MR) is 116 cm³/mol. The first kappa shape index (κ1) is 18.9. The third-order valence-corrected chi connectivity index (χ3v) is 4.64. The van der Waals surface area contributed by atoms with Gasteiger partial charge in [0.05, 0.1) is 17.6 Å². The molecule has 7 heteroatoms. The van der Waals surface area contributed by atoms with Gasteiger partial charge in [0.25, 0.3) is 5.91 Å². The molecule has 4 aromatic rings. The maximum absolute atomic E-state index is 11.6. The summed E-state index contributed by atoms with van der Waals surface area (Å²) in [7, 11) is 0. The van der Waals surface area contributed by atoms with Crippen LogP contribution in [0.25, 0.3) is 27.9 Å². The number of aromatic nitrogens is 2. The Labute approximate surface area is 172 Å². The minimum absolute atomic E-state index is 0.0635. The van der Waals surface area contributed by atoms with Crippen LogP contribution >= 0.6 is 0 Å². The Kier molecular flexibility index (Phi) is 5.00. The summed E-state index contributed by atoms with van der Waals surface area (Å²) in [5.74, 6) is -0.759. The molecule has 5 N–H and O–H groups in total. The molecule has 3 amide bonds. The van der Waals surface area contributed by atoms with Gasteiger partial charge in [-0.2, -0.15) is 5.10 Å². The van der Waals surface area contributed by atoms with Crippen molar-refractivity contribution in [2.45, 2.75) is 0 Å². The van der Waals surface area contributed by atoms with E-state index in [4.69, 9.17) is 11.5 Å². The quantitative estimate of drug-likeness (QED) is 0.475. The zero-order valence-corrected chi connectivity index (χ0v) is 15.9. The number of benzene rings is 3. The van der Waals surface area contributed by atoms with Crippen molar-refractivity contribution >= 4 is 17.6 Å². The van der Waals surface area contributed by atoms with Crippen molar-refractivity contribution < 1.29 is 9.59 Å². The molecule has 0 saturated heterocycles. The molecular formula is C23H19N5O2. The number of hydrogen-bond donors (Lipinski definition) is 3. The summed E-state index contributed by atoms with van der Waals surface area (Å²) >= 11 is 0. The fraction of sp³-hybridized carbons (Fsp3) is 0. The lowest BCUT2D eigenvalue weighted by Gasteiger charge is -2.07. The molecule has 0 saturated carbocycles. The molecule has 0 spiro atoms. The summed E-state index contributed by atoms with van der Waals surface area (Å²) in [5.41, 5.74) is 15.6. The van der Waals surface area contributed by atoms with Crippen LogP contribution in [0.15, 0.2) is 85.1 Å². The van der Waals surface area contributed by atoms with Crippen LogP contribution < -0.4 is 16.8 Å². The molecule has 0 bridgehead atoms. The van der Waals surface area contributed by atoms with Gasteiger partial charge in [0.2, 0.25) is 0 Å². The van der Waals surface area contributed by atoms with Crippen molar-refractivity contribution in [3.8, 4) is 27.9 Å². The van der Waals surface area contributed by atoms with Gasteiger partial charge in [-0.05, 0) is 34.4 Å². The highest BCUT2D eigenvalue weighted by molar-refractivity contribution is 6.00. The molecule has 0 aliphatic carbocycles. The molecule has 7 nitrogen and oxygen atoms in total. The van der Waals surface area contributed by atoms with Crippen LogP contribution in [-0.4, -0.2) is 21.7 Å². The van der Waals surface area contributed by atoms with Gasteiger partial charge in [-0.25, -0.2) is 9.48 Å². The number of nitrogens with one attached hydrogen (secondary N) is 1. The number of carbonyl (C=O) groups is 2. The second-order valence-corrected chi connectivity index (χ2v) is 6.68. The van der Waals surface area contributed by atoms with E-state index < -0.39 is 11.9 Å². The number of nitrogens with two attached hydrogens (primary N) is 2. The molecule has 0 fully saturated rings. The maximum atomic E-state index is 11.6. The van der Waals surface area contributed by atoms with Gasteiger partial charge in [-0.15, -0.1) is 0 Å². The van der Waals surface area contributed by atoms with Crippen LogP contribution in [0.2, 0.25) is 0 Å². The largest absolute Gasteiger partial charge is 0.364 e. The Bertz CT molecular complexity index is 1210. The molecular weight excluding hydrogens is 378 g/mol. The lowest BCUT2D eigenvalue weighted by molar-refractivity contribution is 0.0996. The molecule has 0 atom stereocenters. The molecule has 0 unspecified atom stereocenters. The van der Waals surface area contributed by atoms with E-state index in [1.165, 1.54) is 10.9 Å².